The highest BCUT2D eigenvalue weighted by molar-refractivity contribution is 5.55. The molecular weight excluding hydrogens is 246 g/mol. The summed E-state index contributed by atoms with van der Waals surface area (Å²) in [6, 6.07) is 9.55. The van der Waals surface area contributed by atoms with Crippen molar-refractivity contribution in [1.29, 1.82) is 0 Å². The summed E-state index contributed by atoms with van der Waals surface area (Å²) in [5.74, 6) is 0. The summed E-state index contributed by atoms with van der Waals surface area (Å²) in [4.78, 5) is 4.91. The molecule has 3 heteroatoms. The molecule has 0 unspecified atom stereocenters. The third kappa shape index (κ3) is 3.89. The van der Waals surface area contributed by atoms with Gasteiger partial charge in [0.1, 0.15) is 0 Å². The molecule has 0 aromatic heterocycles. The van der Waals surface area contributed by atoms with E-state index in [1.807, 2.05) is 0 Å². The van der Waals surface area contributed by atoms with E-state index in [1.54, 1.807) is 0 Å². The van der Waals surface area contributed by atoms with E-state index in [4.69, 9.17) is 0 Å². The summed E-state index contributed by atoms with van der Waals surface area (Å²) in [5.41, 5.74) is 2.58. The van der Waals surface area contributed by atoms with E-state index in [0.29, 0.717) is 6.04 Å². The van der Waals surface area contributed by atoms with Gasteiger partial charge in [0.05, 0.1) is 0 Å². The quantitative estimate of drug-likeness (QED) is 0.858. The molecule has 1 aromatic rings. The van der Waals surface area contributed by atoms with Gasteiger partial charge in [0.15, 0.2) is 0 Å². The first kappa shape index (κ1) is 15.2. The molecule has 1 aliphatic heterocycles. The Morgan fingerprint density at radius 1 is 1.05 bits per heavy atom. The van der Waals surface area contributed by atoms with Crippen molar-refractivity contribution in [1.82, 2.24) is 4.90 Å². The minimum Gasteiger partial charge on any atom is -0.382 e. The first-order valence-electron chi connectivity index (χ1n) is 8.10. The summed E-state index contributed by atoms with van der Waals surface area (Å²) in [5, 5.41) is 3.68. The smallest absolute Gasteiger partial charge is 0.0367 e. The molecule has 0 amide bonds. The zero-order valence-electron chi connectivity index (χ0n) is 13.2. The number of hydrogen-bond donors (Lipinski definition) is 1. The molecule has 0 bridgehead atoms. The van der Waals surface area contributed by atoms with Gasteiger partial charge >= 0.3 is 0 Å². The Kier molecular flexibility index (Phi) is 5.72. The van der Waals surface area contributed by atoms with Crippen LogP contribution in [0.2, 0.25) is 0 Å². The summed E-state index contributed by atoms with van der Waals surface area (Å²) in [7, 11) is 0. The van der Waals surface area contributed by atoms with Crippen LogP contribution in [0, 0.1) is 0 Å². The molecule has 3 nitrogen and oxygen atoms in total. The number of hydrogen-bond acceptors (Lipinski definition) is 3. The molecule has 0 saturated carbocycles. The van der Waals surface area contributed by atoms with E-state index in [0.717, 1.165) is 13.1 Å². The van der Waals surface area contributed by atoms with Gasteiger partial charge in [-0.1, -0.05) is 6.92 Å². The largest absolute Gasteiger partial charge is 0.382 e. The van der Waals surface area contributed by atoms with E-state index in [1.165, 1.54) is 43.9 Å². The zero-order chi connectivity index (χ0) is 14.4. The van der Waals surface area contributed by atoms with E-state index >= 15 is 0 Å². The fourth-order valence-corrected chi connectivity index (χ4v) is 2.99. The first-order chi connectivity index (χ1) is 9.76. The Bertz CT molecular complexity index is 376. The molecule has 112 valence electrons. The fourth-order valence-electron chi connectivity index (χ4n) is 2.99. The average Bonchev–Trinajstić information content (AvgIpc) is 2.51. The lowest BCUT2D eigenvalue weighted by Gasteiger charge is -2.32. The van der Waals surface area contributed by atoms with Crippen LogP contribution >= 0.6 is 0 Å². The molecule has 20 heavy (non-hydrogen) atoms. The number of rotatable bonds is 6. The molecule has 1 N–H and O–H groups in total. The maximum Gasteiger partial charge on any atom is 0.0367 e. The topological polar surface area (TPSA) is 18.5 Å². The predicted molar refractivity (Wildman–Crippen MR) is 88.8 cm³/mol. The molecule has 1 aliphatic rings. The zero-order valence-corrected chi connectivity index (χ0v) is 13.2. The van der Waals surface area contributed by atoms with Crippen molar-refractivity contribution in [2.45, 2.75) is 39.7 Å². The van der Waals surface area contributed by atoms with Crippen LogP contribution in [-0.2, 0) is 0 Å². The number of nitrogens with one attached hydrogen (secondary N) is 1. The number of anilines is 2. The Balaban J connectivity index is 1.88. The summed E-state index contributed by atoms with van der Waals surface area (Å²) in [6.07, 6.45) is 2.51. The Labute approximate surface area is 124 Å². The third-order valence-electron chi connectivity index (χ3n) is 4.40. The van der Waals surface area contributed by atoms with Crippen molar-refractivity contribution in [2.24, 2.45) is 0 Å². The van der Waals surface area contributed by atoms with Gasteiger partial charge in [-0.25, -0.2) is 0 Å². The molecule has 2 rings (SSSR count). The molecule has 1 aromatic carbocycles. The Hall–Kier alpha value is -1.22. The van der Waals surface area contributed by atoms with Gasteiger partial charge in [0.25, 0.3) is 0 Å². The molecule has 1 heterocycles. The van der Waals surface area contributed by atoms with Gasteiger partial charge in [-0.2, -0.15) is 0 Å². The highest BCUT2D eigenvalue weighted by Crippen LogP contribution is 2.20. The predicted octanol–water partition coefficient (Wildman–Crippen LogP) is 3.43. The fraction of sp³-hybridized carbons (Fsp3) is 0.647. The van der Waals surface area contributed by atoms with Crippen LogP contribution in [0.4, 0.5) is 11.4 Å². The van der Waals surface area contributed by atoms with Crippen molar-refractivity contribution in [3.8, 4) is 0 Å². The summed E-state index contributed by atoms with van der Waals surface area (Å²) < 4.78 is 0. The molecule has 0 radical (unpaired) electrons. The van der Waals surface area contributed by atoms with Crippen LogP contribution in [0.15, 0.2) is 24.3 Å². The number of benzene rings is 1. The molecule has 0 atom stereocenters. The van der Waals surface area contributed by atoms with Crippen molar-refractivity contribution in [3.63, 3.8) is 0 Å². The minimum absolute atomic E-state index is 0.636. The standard InChI is InChI=1S/C17H29N3/c1-4-19-13-11-16(12-14-19)18-15-7-9-17(10-8-15)20(5-2)6-3/h7-10,16,18H,4-6,11-14H2,1-3H3. The first-order valence-corrected chi connectivity index (χ1v) is 8.10. The Morgan fingerprint density at radius 2 is 1.65 bits per heavy atom. The van der Waals surface area contributed by atoms with E-state index < -0.39 is 0 Å². The molecule has 1 fully saturated rings. The van der Waals surface area contributed by atoms with Crippen LogP contribution in [0.1, 0.15) is 33.6 Å². The maximum absolute atomic E-state index is 3.68. The van der Waals surface area contributed by atoms with Crippen molar-refractivity contribution < 1.29 is 0 Å². The van der Waals surface area contributed by atoms with Crippen molar-refractivity contribution in [3.05, 3.63) is 24.3 Å². The number of nitrogens with zero attached hydrogens (tertiary/aromatic N) is 2. The highest BCUT2D eigenvalue weighted by atomic mass is 15.1. The second-order valence-corrected chi connectivity index (χ2v) is 5.57. The van der Waals surface area contributed by atoms with Crippen LogP contribution in [-0.4, -0.2) is 43.7 Å². The van der Waals surface area contributed by atoms with E-state index in [-0.39, 0.29) is 0 Å². The normalized spacial score (nSPS) is 17.1. The van der Waals surface area contributed by atoms with Crippen LogP contribution < -0.4 is 10.2 Å². The molecule has 0 aliphatic carbocycles. The molecule has 0 spiro atoms. The summed E-state index contributed by atoms with van der Waals surface area (Å²) >= 11 is 0. The minimum atomic E-state index is 0.636. The van der Waals surface area contributed by atoms with Gasteiger partial charge in [-0.05, 0) is 57.5 Å². The van der Waals surface area contributed by atoms with Crippen LogP contribution in [0.25, 0.3) is 0 Å². The van der Waals surface area contributed by atoms with Gasteiger partial charge in [-0.3, -0.25) is 0 Å². The van der Waals surface area contributed by atoms with Crippen molar-refractivity contribution >= 4 is 11.4 Å². The molecule has 1 saturated heterocycles. The van der Waals surface area contributed by atoms with Gasteiger partial charge in [-0.15, -0.1) is 0 Å². The number of piperidine rings is 1. The van der Waals surface area contributed by atoms with E-state index in [9.17, 15) is 0 Å². The van der Waals surface area contributed by atoms with Crippen LogP contribution in [0.3, 0.4) is 0 Å². The molecular formula is C17H29N3. The maximum atomic E-state index is 3.68. The third-order valence-corrected chi connectivity index (χ3v) is 4.40. The highest BCUT2D eigenvalue weighted by Gasteiger charge is 2.17. The van der Waals surface area contributed by atoms with Gasteiger partial charge in [0, 0.05) is 43.6 Å². The van der Waals surface area contributed by atoms with Gasteiger partial charge < -0.3 is 15.1 Å². The average molecular weight is 275 g/mol. The van der Waals surface area contributed by atoms with Gasteiger partial charge in [0.2, 0.25) is 0 Å². The van der Waals surface area contributed by atoms with Crippen LogP contribution in [0.5, 0.6) is 0 Å². The monoisotopic (exact) mass is 275 g/mol. The van der Waals surface area contributed by atoms with E-state index in [2.05, 4.69) is 60.2 Å². The van der Waals surface area contributed by atoms with Crippen molar-refractivity contribution in [2.75, 3.05) is 42.9 Å². The second kappa shape index (κ2) is 7.53. The lowest BCUT2D eigenvalue weighted by Crippen LogP contribution is -2.38. The Morgan fingerprint density at radius 3 is 2.15 bits per heavy atom. The lowest BCUT2D eigenvalue weighted by molar-refractivity contribution is 0.229. The number of likely N-dealkylation sites (tertiary alicyclic amines) is 1. The lowest BCUT2D eigenvalue weighted by atomic mass is 10.0. The second-order valence-electron chi connectivity index (χ2n) is 5.57. The summed E-state index contributed by atoms with van der Waals surface area (Å²) in [6.45, 7) is 12.4. The SMILES string of the molecule is CCN1CCC(Nc2ccc(N(CC)CC)cc2)CC1.